The number of nitrogens with zero attached hydrogens (tertiary/aromatic N) is 3. The minimum Gasteiger partial charge on any atom is -0.494 e. The van der Waals surface area contributed by atoms with Gasteiger partial charge in [-0.05, 0) is 24.6 Å². The van der Waals surface area contributed by atoms with Crippen molar-refractivity contribution in [2.45, 2.75) is 13.5 Å². The van der Waals surface area contributed by atoms with Gasteiger partial charge in [-0.25, -0.2) is 0 Å². The summed E-state index contributed by atoms with van der Waals surface area (Å²) in [5.74, 6) is 1.66. The van der Waals surface area contributed by atoms with Crippen LogP contribution in [0, 0.1) is 0 Å². The van der Waals surface area contributed by atoms with E-state index in [1.165, 1.54) is 5.56 Å². The van der Waals surface area contributed by atoms with Crippen LogP contribution in [0.15, 0.2) is 30.6 Å². The number of hydrogen-bond acceptors (Lipinski definition) is 4. The summed E-state index contributed by atoms with van der Waals surface area (Å²) in [5, 5.41) is 11.0. The molecule has 0 saturated carbocycles. The van der Waals surface area contributed by atoms with E-state index < -0.39 is 0 Å². The normalized spacial score (nSPS) is 10.2. The first kappa shape index (κ1) is 11.4. The van der Waals surface area contributed by atoms with Crippen LogP contribution < -0.4 is 10.1 Å². The lowest BCUT2D eigenvalue weighted by atomic mass is 10.2. The van der Waals surface area contributed by atoms with Gasteiger partial charge in [-0.3, -0.25) is 0 Å². The van der Waals surface area contributed by atoms with Crippen molar-refractivity contribution in [1.29, 1.82) is 0 Å². The zero-order chi connectivity index (χ0) is 12.1. The summed E-state index contributed by atoms with van der Waals surface area (Å²) in [5.41, 5.74) is 1.18. The Morgan fingerprint density at radius 2 is 2.06 bits per heavy atom. The Balaban J connectivity index is 1.93. The molecule has 0 bridgehead atoms. The van der Waals surface area contributed by atoms with E-state index in [-0.39, 0.29) is 0 Å². The molecule has 0 unspecified atom stereocenters. The van der Waals surface area contributed by atoms with Crippen molar-refractivity contribution in [2.75, 3.05) is 11.9 Å². The smallest absolute Gasteiger partial charge is 0.224 e. The summed E-state index contributed by atoms with van der Waals surface area (Å²) in [6.45, 7) is 3.39. The van der Waals surface area contributed by atoms with E-state index in [4.69, 9.17) is 4.74 Å². The number of aryl methyl sites for hydroxylation is 1. The zero-order valence-electron chi connectivity index (χ0n) is 10.1. The van der Waals surface area contributed by atoms with Crippen molar-refractivity contribution >= 4 is 5.95 Å². The second-order valence-electron chi connectivity index (χ2n) is 3.70. The molecule has 1 aromatic heterocycles. The summed E-state index contributed by atoms with van der Waals surface area (Å²) in [4.78, 5) is 0. The molecular weight excluding hydrogens is 216 g/mol. The topological polar surface area (TPSA) is 52.0 Å². The molecular formula is C12H16N4O. The largest absolute Gasteiger partial charge is 0.494 e. The average Bonchev–Trinajstić information content (AvgIpc) is 2.75. The van der Waals surface area contributed by atoms with E-state index in [9.17, 15) is 0 Å². The van der Waals surface area contributed by atoms with Crippen LogP contribution in [0.4, 0.5) is 5.95 Å². The lowest BCUT2D eigenvalue weighted by molar-refractivity contribution is 0.340. The van der Waals surface area contributed by atoms with Gasteiger partial charge >= 0.3 is 0 Å². The summed E-state index contributed by atoms with van der Waals surface area (Å²) in [7, 11) is 1.90. The molecule has 2 rings (SSSR count). The van der Waals surface area contributed by atoms with E-state index >= 15 is 0 Å². The lowest BCUT2D eigenvalue weighted by Crippen LogP contribution is -2.04. The van der Waals surface area contributed by atoms with Crippen LogP contribution in [-0.4, -0.2) is 21.4 Å². The minimum absolute atomic E-state index is 0.691. The number of rotatable bonds is 5. The zero-order valence-corrected chi connectivity index (χ0v) is 10.1. The Morgan fingerprint density at radius 3 is 2.65 bits per heavy atom. The van der Waals surface area contributed by atoms with Crippen LogP contribution in [0.2, 0.25) is 0 Å². The van der Waals surface area contributed by atoms with Gasteiger partial charge in [0.05, 0.1) is 6.61 Å². The van der Waals surface area contributed by atoms with E-state index in [2.05, 4.69) is 15.5 Å². The molecule has 0 amide bonds. The standard InChI is InChI=1S/C12H16N4O/c1-3-17-11-6-4-10(5-7-11)8-13-12-15-14-9-16(12)2/h4-7,9H,3,8H2,1-2H3,(H,13,15). The Labute approximate surface area is 100 Å². The minimum atomic E-state index is 0.691. The fraction of sp³-hybridized carbons (Fsp3) is 0.333. The number of anilines is 1. The monoisotopic (exact) mass is 232 g/mol. The Kier molecular flexibility index (Phi) is 3.59. The predicted molar refractivity (Wildman–Crippen MR) is 65.9 cm³/mol. The molecule has 1 aromatic carbocycles. The van der Waals surface area contributed by atoms with Crippen LogP contribution >= 0.6 is 0 Å². The highest BCUT2D eigenvalue weighted by atomic mass is 16.5. The maximum atomic E-state index is 5.38. The third kappa shape index (κ3) is 2.96. The molecule has 1 heterocycles. The van der Waals surface area contributed by atoms with E-state index in [1.807, 2.05) is 42.8 Å². The van der Waals surface area contributed by atoms with E-state index in [0.717, 1.165) is 18.2 Å². The highest BCUT2D eigenvalue weighted by molar-refractivity contribution is 5.31. The van der Waals surface area contributed by atoms with Crippen molar-refractivity contribution in [3.8, 4) is 5.75 Å². The van der Waals surface area contributed by atoms with Gasteiger partial charge in [0.15, 0.2) is 0 Å². The molecule has 90 valence electrons. The maximum Gasteiger partial charge on any atom is 0.224 e. The molecule has 2 aromatic rings. The van der Waals surface area contributed by atoms with Crippen LogP contribution in [0.1, 0.15) is 12.5 Å². The number of nitrogens with one attached hydrogen (secondary N) is 1. The van der Waals surface area contributed by atoms with Gasteiger partial charge in [-0.2, -0.15) is 0 Å². The van der Waals surface area contributed by atoms with E-state index in [0.29, 0.717) is 6.61 Å². The summed E-state index contributed by atoms with van der Waals surface area (Å²) >= 11 is 0. The number of hydrogen-bond donors (Lipinski definition) is 1. The van der Waals surface area contributed by atoms with Crippen molar-refractivity contribution < 1.29 is 4.74 Å². The van der Waals surface area contributed by atoms with Crippen molar-refractivity contribution in [3.63, 3.8) is 0 Å². The van der Waals surface area contributed by atoms with Gasteiger partial charge in [0, 0.05) is 13.6 Å². The van der Waals surface area contributed by atoms with Crippen molar-refractivity contribution in [2.24, 2.45) is 7.05 Å². The Bertz CT molecular complexity index is 464. The van der Waals surface area contributed by atoms with Gasteiger partial charge in [0.2, 0.25) is 5.95 Å². The molecule has 0 atom stereocenters. The fourth-order valence-corrected chi connectivity index (χ4v) is 1.49. The molecule has 17 heavy (non-hydrogen) atoms. The Hall–Kier alpha value is -2.04. The average molecular weight is 232 g/mol. The first-order chi connectivity index (χ1) is 8.29. The quantitative estimate of drug-likeness (QED) is 0.854. The van der Waals surface area contributed by atoms with Gasteiger partial charge in [-0.1, -0.05) is 12.1 Å². The van der Waals surface area contributed by atoms with Gasteiger partial charge in [0.25, 0.3) is 0 Å². The number of aromatic nitrogens is 3. The summed E-state index contributed by atoms with van der Waals surface area (Å²) in [6.07, 6.45) is 1.67. The Morgan fingerprint density at radius 1 is 1.29 bits per heavy atom. The molecule has 5 heteroatoms. The van der Waals surface area contributed by atoms with Crippen molar-refractivity contribution in [3.05, 3.63) is 36.2 Å². The van der Waals surface area contributed by atoms with E-state index in [1.54, 1.807) is 6.33 Å². The molecule has 0 aliphatic rings. The molecule has 0 saturated heterocycles. The molecule has 0 fully saturated rings. The number of benzene rings is 1. The van der Waals surface area contributed by atoms with Crippen LogP contribution in [0.5, 0.6) is 5.75 Å². The fourth-order valence-electron chi connectivity index (χ4n) is 1.49. The van der Waals surface area contributed by atoms with Crippen LogP contribution in [-0.2, 0) is 13.6 Å². The van der Waals surface area contributed by atoms with Gasteiger partial charge < -0.3 is 14.6 Å². The van der Waals surface area contributed by atoms with Crippen molar-refractivity contribution in [1.82, 2.24) is 14.8 Å². The number of ether oxygens (including phenoxy) is 1. The van der Waals surface area contributed by atoms with Gasteiger partial charge in [0.1, 0.15) is 12.1 Å². The van der Waals surface area contributed by atoms with Gasteiger partial charge in [-0.15, -0.1) is 10.2 Å². The summed E-state index contributed by atoms with van der Waals surface area (Å²) in [6, 6.07) is 8.01. The van der Waals surface area contributed by atoms with Crippen LogP contribution in [0.3, 0.4) is 0 Å². The third-order valence-corrected chi connectivity index (χ3v) is 2.40. The van der Waals surface area contributed by atoms with Crippen LogP contribution in [0.25, 0.3) is 0 Å². The summed E-state index contributed by atoms with van der Waals surface area (Å²) < 4.78 is 7.23. The first-order valence-corrected chi connectivity index (χ1v) is 5.59. The highest BCUT2D eigenvalue weighted by Gasteiger charge is 1.99. The highest BCUT2D eigenvalue weighted by Crippen LogP contribution is 2.12. The predicted octanol–water partition coefficient (Wildman–Crippen LogP) is 1.83. The second-order valence-corrected chi connectivity index (χ2v) is 3.70. The molecule has 0 spiro atoms. The first-order valence-electron chi connectivity index (χ1n) is 5.59. The molecule has 5 nitrogen and oxygen atoms in total. The second kappa shape index (κ2) is 5.34. The molecule has 0 radical (unpaired) electrons. The molecule has 1 N–H and O–H groups in total. The SMILES string of the molecule is CCOc1ccc(CNc2nncn2C)cc1. The maximum absolute atomic E-state index is 5.38. The third-order valence-electron chi connectivity index (χ3n) is 2.40. The lowest BCUT2D eigenvalue weighted by Gasteiger charge is -2.06. The molecule has 0 aliphatic heterocycles. The molecule has 0 aliphatic carbocycles.